The number of carbonyl (C=O) groups is 1. The van der Waals surface area contributed by atoms with Gasteiger partial charge in [-0.05, 0) is 43.5 Å². The quantitative estimate of drug-likeness (QED) is 0.778. The maximum Gasteiger partial charge on any atom is 0.138 e. The van der Waals surface area contributed by atoms with Crippen LogP contribution in [-0.4, -0.2) is 12.4 Å². The van der Waals surface area contributed by atoms with Gasteiger partial charge in [0.1, 0.15) is 11.5 Å². The van der Waals surface area contributed by atoms with Gasteiger partial charge in [-0.15, -0.1) is 0 Å². The number of ether oxygens (including phenoxy) is 1. The highest BCUT2D eigenvalue weighted by molar-refractivity contribution is 5.80. The van der Waals surface area contributed by atoms with Gasteiger partial charge < -0.3 is 4.74 Å². The monoisotopic (exact) mass is 234 g/mol. The van der Waals surface area contributed by atoms with Crippen LogP contribution in [0.25, 0.3) is 0 Å². The lowest BCUT2D eigenvalue weighted by Crippen LogP contribution is -2.12. The molecule has 1 aromatic rings. The molecule has 0 bridgehead atoms. The van der Waals surface area contributed by atoms with Crippen LogP contribution in [0, 0.1) is 26.7 Å². The summed E-state index contributed by atoms with van der Waals surface area (Å²) in [7, 11) is 0. The number of benzene rings is 1. The third-order valence-electron chi connectivity index (χ3n) is 3.04. The van der Waals surface area contributed by atoms with E-state index in [0.717, 1.165) is 11.3 Å². The first kappa shape index (κ1) is 13.8. The molecule has 1 aromatic carbocycles. The van der Waals surface area contributed by atoms with Crippen molar-refractivity contribution >= 4 is 5.78 Å². The lowest BCUT2D eigenvalue weighted by atomic mass is 10.1. The molecule has 0 N–H and O–H groups in total. The van der Waals surface area contributed by atoms with E-state index >= 15 is 0 Å². The topological polar surface area (TPSA) is 26.3 Å². The van der Waals surface area contributed by atoms with Crippen molar-refractivity contribution in [2.24, 2.45) is 5.92 Å². The van der Waals surface area contributed by atoms with Crippen molar-refractivity contribution in [3.05, 3.63) is 28.8 Å². The maximum atomic E-state index is 11.5. The van der Waals surface area contributed by atoms with E-state index < -0.39 is 0 Å². The second-order valence-electron chi connectivity index (χ2n) is 4.92. The number of aryl methyl sites for hydroxylation is 3. The summed E-state index contributed by atoms with van der Waals surface area (Å²) in [6.45, 7) is 10.5. The van der Waals surface area contributed by atoms with Gasteiger partial charge in [0, 0.05) is 12.3 Å². The number of hydrogen-bond donors (Lipinski definition) is 0. The van der Waals surface area contributed by atoms with Gasteiger partial charge >= 0.3 is 0 Å². The van der Waals surface area contributed by atoms with E-state index in [9.17, 15) is 4.79 Å². The summed E-state index contributed by atoms with van der Waals surface area (Å²) in [6, 6.07) is 4.17. The molecule has 17 heavy (non-hydrogen) atoms. The molecule has 0 spiro atoms. The van der Waals surface area contributed by atoms with Crippen LogP contribution in [0.5, 0.6) is 5.75 Å². The highest BCUT2D eigenvalue weighted by Crippen LogP contribution is 2.22. The first-order chi connectivity index (χ1) is 7.91. The molecule has 2 heteroatoms. The molecule has 0 fully saturated rings. The third kappa shape index (κ3) is 3.88. The zero-order chi connectivity index (χ0) is 13.0. The zero-order valence-electron chi connectivity index (χ0n) is 11.5. The zero-order valence-corrected chi connectivity index (χ0v) is 11.5. The minimum absolute atomic E-state index is 0.0967. The first-order valence-electron chi connectivity index (χ1n) is 6.15. The molecular weight excluding hydrogens is 212 g/mol. The molecular formula is C15H22O2. The summed E-state index contributed by atoms with van der Waals surface area (Å²) >= 11 is 0. The highest BCUT2D eigenvalue weighted by atomic mass is 16.5. The Kier molecular flexibility index (Phi) is 4.73. The largest absolute Gasteiger partial charge is 0.493 e. The molecule has 0 saturated carbocycles. The number of hydrogen-bond acceptors (Lipinski definition) is 2. The van der Waals surface area contributed by atoms with E-state index in [1.165, 1.54) is 11.1 Å². The molecule has 0 saturated heterocycles. The summed E-state index contributed by atoms with van der Waals surface area (Å²) in [5.41, 5.74) is 3.62. The molecule has 0 aromatic heterocycles. The van der Waals surface area contributed by atoms with Crippen LogP contribution in [-0.2, 0) is 4.79 Å². The summed E-state index contributed by atoms with van der Waals surface area (Å²) in [6.07, 6.45) is 0.490. The highest BCUT2D eigenvalue weighted by Gasteiger charge is 2.08. The van der Waals surface area contributed by atoms with Crippen molar-refractivity contribution in [1.29, 1.82) is 0 Å². The Bertz CT molecular complexity index is 406. The van der Waals surface area contributed by atoms with Gasteiger partial charge in [-0.3, -0.25) is 4.79 Å². The van der Waals surface area contributed by atoms with Crippen LogP contribution >= 0.6 is 0 Å². The summed E-state index contributed by atoms with van der Waals surface area (Å²) < 4.78 is 5.67. The first-order valence-corrected chi connectivity index (χ1v) is 6.15. The van der Waals surface area contributed by atoms with E-state index in [1.54, 1.807) is 0 Å². The van der Waals surface area contributed by atoms with Crippen molar-refractivity contribution in [3.8, 4) is 5.75 Å². The van der Waals surface area contributed by atoms with Crippen molar-refractivity contribution in [2.75, 3.05) is 6.61 Å². The minimum atomic E-state index is 0.0967. The molecule has 1 rings (SSSR count). The number of rotatable bonds is 5. The molecule has 0 amide bonds. The second-order valence-corrected chi connectivity index (χ2v) is 4.92. The van der Waals surface area contributed by atoms with Crippen LogP contribution in [0.4, 0.5) is 0 Å². The predicted octanol–water partition coefficient (Wildman–Crippen LogP) is 3.61. The van der Waals surface area contributed by atoms with Crippen molar-refractivity contribution < 1.29 is 9.53 Å². The molecule has 0 aliphatic rings. The lowest BCUT2D eigenvalue weighted by molar-refractivity contribution is -0.122. The second kappa shape index (κ2) is 5.85. The Morgan fingerprint density at radius 3 is 2.29 bits per heavy atom. The Balaban J connectivity index is 2.58. The van der Waals surface area contributed by atoms with E-state index in [0.29, 0.717) is 13.0 Å². The fourth-order valence-corrected chi connectivity index (χ4v) is 1.64. The van der Waals surface area contributed by atoms with Gasteiger partial charge in [0.15, 0.2) is 0 Å². The number of ketones is 1. The van der Waals surface area contributed by atoms with E-state index in [-0.39, 0.29) is 11.7 Å². The standard InChI is InChI=1S/C15H22O2/c1-10(2)14(16)6-7-17-15-9-12(4)11(3)8-13(15)5/h8-10H,6-7H2,1-5H3. The third-order valence-corrected chi connectivity index (χ3v) is 3.04. The van der Waals surface area contributed by atoms with Gasteiger partial charge in [0.2, 0.25) is 0 Å². The van der Waals surface area contributed by atoms with Gasteiger partial charge in [-0.25, -0.2) is 0 Å². The van der Waals surface area contributed by atoms with Gasteiger partial charge in [0.25, 0.3) is 0 Å². The molecule has 0 heterocycles. The summed E-state index contributed by atoms with van der Waals surface area (Å²) in [5, 5.41) is 0. The van der Waals surface area contributed by atoms with E-state index in [1.807, 2.05) is 26.8 Å². The van der Waals surface area contributed by atoms with Crippen LogP contribution in [0.2, 0.25) is 0 Å². The number of Topliss-reactive ketones (excluding diaryl/α,β-unsaturated/α-hetero) is 1. The fraction of sp³-hybridized carbons (Fsp3) is 0.533. The molecule has 2 nitrogen and oxygen atoms in total. The molecule has 94 valence electrons. The fourth-order valence-electron chi connectivity index (χ4n) is 1.64. The van der Waals surface area contributed by atoms with Crippen LogP contribution < -0.4 is 4.74 Å². The normalized spacial score (nSPS) is 10.7. The van der Waals surface area contributed by atoms with Crippen molar-refractivity contribution in [2.45, 2.75) is 41.0 Å². The van der Waals surface area contributed by atoms with Gasteiger partial charge in [-0.2, -0.15) is 0 Å². The van der Waals surface area contributed by atoms with Crippen molar-refractivity contribution in [3.63, 3.8) is 0 Å². The summed E-state index contributed by atoms with van der Waals surface area (Å²) in [4.78, 5) is 11.5. The maximum absolute atomic E-state index is 11.5. The SMILES string of the molecule is Cc1cc(C)c(OCCC(=O)C(C)C)cc1C. The lowest BCUT2D eigenvalue weighted by Gasteiger charge is -2.12. The molecule has 0 unspecified atom stereocenters. The van der Waals surface area contributed by atoms with Gasteiger partial charge in [0.05, 0.1) is 6.61 Å². The van der Waals surface area contributed by atoms with Crippen LogP contribution in [0.3, 0.4) is 0 Å². The van der Waals surface area contributed by atoms with Crippen LogP contribution in [0.15, 0.2) is 12.1 Å². The van der Waals surface area contributed by atoms with Crippen LogP contribution in [0.1, 0.15) is 37.0 Å². The minimum Gasteiger partial charge on any atom is -0.493 e. The Morgan fingerprint density at radius 2 is 1.71 bits per heavy atom. The molecule has 0 aliphatic carbocycles. The average Bonchev–Trinajstić information content (AvgIpc) is 2.25. The van der Waals surface area contributed by atoms with Gasteiger partial charge in [-0.1, -0.05) is 19.9 Å². The average molecular weight is 234 g/mol. The number of carbonyl (C=O) groups excluding carboxylic acids is 1. The predicted molar refractivity (Wildman–Crippen MR) is 70.6 cm³/mol. The van der Waals surface area contributed by atoms with E-state index in [2.05, 4.69) is 19.9 Å². The van der Waals surface area contributed by atoms with Crippen molar-refractivity contribution in [1.82, 2.24) is 0 Å². The Labute approximate surface area is 104 Å². The smallest absolute Gasteiger partial charge is 0.138 e. The Hall–Kier alpha value is -1.31. The Morgan fingerprint density at radius 1 is 1.12 bits per heavy atom. The molecule has 0 atom stereocenters. The summed E-state index contributed by atoms with van der Waals surface area (Å²) in [5.74, 6) is 1.25. The molecule has 0 radical (unpaired) electrons. The molecule has 0 aliphatic heterocycles. The van der Waals surface area contributed by atoms with E-state index in [4.69, 9.17) is 4.74 Å².